The van der Waals surface area contributed by atoms with Crippen LogP contribution in [0.25, 0.3) is 0 Å². The maximum absolute atomic E-state index is 12.8. The van der Waals surface area contributed by atoms with Crippen LogP contribution in [0.1, 0.15) is 31.4 Å². The summed E-state index contributed by atoms with van der Waals surface area (Å²) < 4.78 is 6.84. The van der Waals surface area contributed by atoms with Crippen LogP contribution in [0.5, 0.6) is 5.75 Å². The smallest absolute Gasteiger partial charge is 0.270 e. The Labute approximate surface area is 167 Å². The molecule has 1 heterocycles. The highest BCUT2D eigenvalue weighted by Gasteiger charge is 2.40. The number of anilines is 2. The van der Waals surface area contributed by atoms with Crippen LogP contribution < -0.4 is 15.0 Å². The zero-order valence-electron chi connectivity index (χ0n) is 15.9. The Hall–Kier alpha value is -2.34. The van der Waals surface area contributed by atoms with E-state index in [-0.39, 0.29) is 18.2 Å². The Morgan fingerprint density at radius 2 is 1.93 bits per heavy atom. The molecule has 0 saturated carbocycles. The number of halogens is 1. The van der Waals surface area contributed by atoms with E-state index >= 15 is 0 Å². The Balaban J connectivity index is 1.74. The molecule has 0 fully saturated rings. The minimum absolute atomic E-state index is 0.136. The minimum Gasteiger partial charge on any atom is -0.476 e. The largest absolute Gasteiger partial charge is 0.476 e. The second-order valence-electron chi connectivity index (χ2n) is 7.30. The molecule has 0 unspecified atom stereocenters. The first-order chi connectivity index (χ1) is 12.7. The number of carbonyl (C=O) groups is 2. The summed E-state index contributed by atoms with van der Waals surface area (Å²) in [5.74, 6) is 0.380. The molecule has 1 N–H and O–H groups in total. The van der Waals surface area contributed by atoms with Crippen LogP contribution in [-0.4, -0.2) is 24.0 Å². The SMILES string of the molecule is Cc1ccc2c(c1)N(CCC(=O)Nc1ccc(Br)c(C)c1)C(=O)C(C)(C)O2. The summed E-state index contributed by atoms with van der Waals surface area (Å²) >= 11 is 3.45. The topological polar surface area (TPSA) is 58.6 Å². The molecule has 3 rings (SSSR count). The molecule has 1 aliphatic rings. The van der Waals surface area contributed by atoms with Gasteiger partial charge in [-0.15, -0.1) is 0 Å². The van der Waals surface area contributed by atoms with Crippen molar-refractivity contribution in [2.75, 3.05) is 16.8 Å². The lowest BCUT2D eigenvalue weighted by Crippen LogP contribution is -2.53. The summed E-state index contributed by atoms with van der Waals surface area (Å²) in [7, 11) is 0. The highest BCUT2D eigenvalue weighted by molar-refractivity contribution is 9.10. The maximum Gasteiger partial charge on any atom is 0.270 e. The fourth-order valence-corrected chi connectivity index (χ4v) is 3.31. The number of fused-ring (bicyclic) bond motifs is 1. The highest BCUT2D eigenvalue weighted by atomic mass is 79.9. The molecule has 0 aromatic heterocycles. The lowest BCUT2D eigenvalue weighted by Gasteiger charge is -2.38. The predicted molar refractivity (Wildman–Crippen MR) is 110 cm³/mol. The molecule has 1 aliphatic heterocycles. The number of ether oxygens (including phenoxy) is 1. The van der Waals surface area contributed by atoms with Crippen molar-refractivity contribution >= 4 is 39.1 Å². The molecular formula is C21H23BrN2O3. The van der Waals surface area contributed by atoms with Gasteiger partial charge in [0.2, 0.25) is 5.91 Å². The molecule has 142 valence electrons. The molecule has 2 aromatic carbocycles. The molecular weight excluding hydrogens is 408 g/mol. The Morgan fingerprint density at radius 1 is 1.19 bits per heavy atom. The molecule has 0 aliphatic carbocycles. The minimum atomic E-state index is -0.957. The molecule has 0 radical (unpaired) electrons. The fraction of sp³-hybridized carbons (Fsp3) is 0.333. The number of carbonyl (C=O) groups excluding carboxylic acids is 2. The molecule has 6 heteroatoms. The van der Waals surface area contributed by atoms with Gasteiger partial charge in [0.05, 0.1) is 5.69 Å². The summed E-state index contributed by atoms with van der Waals surface area (Å²) in [6.07, 6.45) is 0.199. The van der Waals surface area contributed by atoms with Gasteiger partial charge in [0.25, 0.3) is 5.91 Å². The van der Waals surface area contributed by atoms with E-state index in [0.29, 0.717) is 18.0 Å². The second kappa shape index (κ2) is 7.35. The number of rotatable bonds is 4. The van der Waals surface area contributed by atoms with Crippen LogP contribution in [-0.2, 0) is 9.59 Å². The van der Waals surface area contributed by atoms with Crippen LogP contribution in [0.3, 0.4) is 0 Å². The van der Waals surface area contributed by atoms with Gasteiger partial charge in [0.15, 0.2) is 5.60 Å². The number of benzene rings is 2. The molecule has 0 atom stereocenters. The number of amides is 2. The molecule has 0 bridgehead atoms. The lowest BCUT2D eigenvalue weighted by atomic mass is 10.0. The van der Waals surface area contributed by atoms with Gasteiger partial charge in [-0.05, 0) is 69.2 Å². The predicted octanol–water partition coefficient (Wildman–Crippen LogP) is 4.60. The summed E-state index contributed by atoms with van der Waals surface area (Å²) in [5, 5.41) is 2.89. The monoisotopic (exact) mass is 430 g/mol. The Kier molecular flexibility index (Phi) is 5.29. The normalized spacial score (nSPS) is 15.1. The number of hydrogen-bond donors (Lipinski definition) is 1. The van der Waals surface area contributed by atoms with E-state index in [1.807, 2.05) is 50.2 Å². The zero-order chi connectivity index (χ0) is 19.8. The number of nitrogens with zero attached hydrogens (tertiary/aromatic N) is 1. The molecule has 27 heavy (non-hydrogen) atoms. The van der Waals surface area contributed by atoms with Crippen LogP contribution in [0, 0.1) is 13.8 Å². The van der Waals surface area contributed by atoms with Gasteiger partial charge in [-0.2, -0.15) is 0 Å². The van der Waals surface area contributed by atoms with Crippen LogP contribution in [0.15, 0.2) is 40.9 Å². The van der Waals surface area contributed by atoms with Crippen LogP contribution >= 0.6 is 15.9 Å². The van der Waals surface area contributed by atoms with Gasteiger partial charge in [0, 0.05) is 23.1 Å². The first-order valence-electron chi connectivity index (χ1n) is 8.85. The third-order valence-electron chi connectivity index (χ3n) is 4.53. The number of aryl methyl sites for hydroxylation is 2. The lowest BCUT2D eigenvalue weighted by molar-refractivity contribution is -0.132. The van der Waals surface area contributed by atoms with Crippen molar-refractivity contribution in [2.45, 2.75) is 39.7 Å². The Bertz CT molecular complexity index is 908. The van der Waals surface area contributed by atoms with Gasteiger partial charge in [-0.1, -0.05) is 22.0 Å². The summed E-state index contributed by atoms with van der Waals surface area (Å²) in [4.78, 5) is 26.9. The second-order valence-corrected chi connectivity index (χ2v) is 8.16. The summed E-state index contributed by atoms with van der Waals surface area (Å²) in [6, 6.07) is 11.4. The third kappa shape index (κ3) is 4.16. The quantitative estimate of drug-likeness (QED) is 0.770. The van der Waals surface area contributed by atoms with Gasteiger partial charge >= 0.3 is 0 Å². The van der Waals surface area contributed by atoms with Crippen LogP contribution in [0.4, 0.5) is 11.4 Å². The third-order valence-corrected chi connectivity index (χ3v) is 5.42. The number of nitrogens with one attached hydrogen (secondary N) is 1. The van der Waals surface area contributed by atoms with E-state index in [1.165, 1.54) is 0 Å². The zero-order valence-corrected chi connectivity index (χ0v) is 17.5. The van der Waals surface area contributed by atoms with Crippen molar-refractivity contribution in [3.8, 4) is 5.75 Å². The van der Waals surface area contributed by atoms with E-state index in [2.05, 4.69) is 21.2 Å². The molecule has 2 amide bonds. The van der Waals surface area contributed by atoms with Crippen LogP contribution in [0.2, 0.25) is 0 Å². The van der Waals surface area contributed by atoms with E-state index in [9.17, 15) is 9.59 Å². The standard InChI is InChI=1S/C21H23BrN2O3/c1-13-5-8-18-17(11-13)24(20(26)21(3,4)27-18)10-9-19(25)23-15-6-7-16(22)14(2)12-15/h5-8,11-12H,9-10H2,1-4H3,(H,23,25). The van der Waals surface area contributed by atoms with Crippen molar-refractivity contribution in [3.05, 3.63) is 52.0 Å². The fourth-order valence-electron chi connectivity index (χ4n) is 3.06. The first-order valence-corrected chi connectivity index (χ1v) is 9.64. The summed E-state index contributed by atoms with van der Waals surface area (Å²) in [6.45, 7) is 7.72. The summed E-state index contributed by atoms with van der Waals surface area (Å²) in [5.41, 5.74) is 2.57. The molecule has 0 spiro atoms. The van der Waals surface area contributed by atoms with Crippen molar-refractivity contribution in [2.24, 2.45) is 0 Å². The first kappa shape index (κ1) is 19.4. The highest BCUT2D eigenvalue weighted by Crippen LogP contribution is 2.38. The van der Waals surface area contributed by atoms with Gasteiger partial charge in [-0.25, -0.2) is 0 Å². The molecule has 2 aromatic rings. The van der Waals surface area contributed by atoms with E-state index in [4.69, 9.17) is 4.74 Å². The van der Waals surface area contributed by atoms with Crippen molar-refractivity contribution < 1.29 is 14.3 Å². The van der Waals surface area contributed by atoms with Crippen molar-refractivity contribution in [1.82, 2.24) is 0 Å². The molecule has 0 saturated heterocycles. The average molecular weight is 431 g/mol. The maximum atomic E-state index is 12.8. The van der Waals surface area contributed by atoms with E-state index in [1.54, 1.807) is 18.7 Å². The Morgan fingerprint density at radius 3 is 2.63 bits per heavy atom. The van der Waals surface area contributed by atoms with E-state index in [0.717, 1.165) is 21.3 Å². The van der Waals surface area contributed by atoms with Crippen molar-refractivity contribution in [1.29, 1.82) is 0 Å². The number of hydrogen-bond acceptors (Lipinski definition) is 3. The van der Waals surface area contributed by atoms with E-state index < -0.39 is 5.60 Å². The molecule has 5 nitrogen and oxygen atoms in total. The van der Waals surface area contributed by atoms with Gasteiger partial charge in [0.1, 0.15) is 5.75 Å². The van der Waals surface area contributed by atoms with Crippen molar-refractivity contribution in [3.63, 3.8) is 0 Å². The average Bonchev–Trinajstić information content (AvgIpc) is 2.59. The van der Waals surface area contributed by atoms with Gasteiger partial charge in [-0.3, -0.25) is 9.59 Å². The van der Waals surface area contributed by atoms with Gasteiger partial charge < -0.3 is 15.0 Å².